The van der Waals surface area contributed by atoms with Crippen molar-refractivity contribution in [1.29, 1.82) is 5.26 Å². The predicted molar refractivity (Wildman–Crippen MR) is 123 cm³/mol. The second kappa shape index (κ2) is 9.31. The summed E-state index contributed by atoms with van der Waals surface area (Å²) in [7, 11) is 0. The zero-order chi connectivity index (χ0) is 21.8. The lowest BCUT2D eigenvalue weighted by atomic mass is 10.2. The molecule has 0 saturated carbocycles. The van der Waals surface area contributed by atoms with E-state index in [1.807, 2.05) is 41.8 Å². The standard InChI is InChI=1S/C21H15ClN6OS2/c1-13-16(22)3-2-4-17(13)28-19(14-5-8-24-9-6-14)26-27-21(28)31-12-18(29)25-20-15(11-23)7-10-30-20/h2-10H,12H2,1H3,(H,25,29). The summed E-state index contributed by atoms with van der Waals surface area (Å²) in [5, 5.41) is 24.1. The molecule has 0 spiro atoms. The Bertz CT molecular complexity index is 1280. The molecule has 10 heteroatoms. The molecule has 0 aliphatic rings. The molecule has 1 N–H and O–H groups in total. The second-order valence-electron chi connectivity index (χ2n) is 6.37. The van der Waals surface area contributed by atoms with Crippen LogP contribution in [0.2, 0.25) is 5.02 Å². The van der Waals surface area contributed by atoms with Crippen LogP contribution >= 0.6 is 34.7 Å². The van der Waals surface area contributed by atoms with Crippen LogP contribution in [0.5, 0.6) is 0 Å². The summed E-state index contributed by atoms with van der Waals surface area (Å²) >= 11 is 8.92. The van der Waals surface area contributed by atoms with Crippen molar-refractivity contribution in [3.05, 3.63) is 70.3 Å². The van der Waals surface area contributed by atoms with Gasteiger partial charge in [0.1, 0.15) is 11.1 Å². The molecule has 0 fully saturated rings. The predicted octanol–water partition coefficient (Wildman–Crippen LogP) is 4.96. The average Bonchev–Trinajstić information content (AvgIpc) is 3.41. The van der Waals surface area contributed by atoms with Gasteiger partial charge in [0.05, 0.1) is 17.0 Å². The topological polar surface area (TPSA) is 96.5 Å². The van der Waals surface area contributed by atoms with Crippen LogP contribution in [0.3, 0.4) is 0 Å². The van der Waals surface area contributed by atoms with Crippen LogP contribution in [0.1, 0.15) is 11.1 Å². The first kappa shape index (κ1) is 21.1. The van der Waals surface area contributed by atoms with E-state index in [1.165, 1.54) is 23.1 Å². The van der Waals surface area contributed by atoms with Gasteiger partial charge in [-0.05, 0) is 48.2 Å². The summed E-state index contributed by atoms with van der Waals surface area (Å²) in [5.41, 5.74) is 3.00. The molecular weight excluding hydrogens is 452 g/mol. The molecular formula is C21H15ClN6OS2. The zero-order valence-electron chi connectivity index (χ0n) is 16.2. The highest BCUT2D eigenvalue weighted by molar-refractivity contribution is 7.99. The van der Waals surface area contributed by atoms with Crippen LogP contribution in [-0.2, 0) is 4.79 Å². The number of carbonyl (C=O) groups is 1. The van der Waals surface area contributed by atoms with Crippen LogP contribution in [0.4, 0.5) is 5.00 Å². The Kier molecular flexibility index (Phi) is 6.32. The van der Waals surface area contributed by atoms with Gasteiger partial charge in [-0.1, -0.05) is 29.4 Å². The minimum Gasteiger partial charge on any atom is -0.316 e. The van der Waals surface area contributed by atoms with Gasteiger partial charge in [0.2, 0.25) is 5.91 Å². The summed E-state index contributed by atoms with van der Waals surface area (Å²) in [6.45, 7) is 1.93. The van der Waals surface area contributed by atoms with E-state index < -0.39 is 0 Å². The number of aromatic nitrogens is 4. The molecule has 7 nitrogen and oxygen atoms in total. The number of hydrogen-bond donors (Lipinski definition) is 1. The SMILES string of the molecule is Cc1c(Cl)cccc1-n1c(SCC(=O)Nc2sccc2C#N)nnc1-c1ccncc1. The number of nitriles is 1. The number of halogens is 1. The molecule has 4 rings (SSSR count). The van der Waals surface area contributed by atoms with Crippen molar-refractivity contribution < 1.29 is 4.79 Å². The number of pyridine rings is 1. The lowest BCUT2D eigenvalue weighted by Gasteiger charge is -2.13. The molecule has 0 aliphatic heterocycles. The van der Waals surface area contributed by atoms with E-state index in [-0.39, 0.29) is 11.7 Å². The molecule has 1 aromatic carbocycles. The highest BCUT2D eigenvalue weighted by Gasteiger charge is 2.19. The van der Waals surface area contributed by atoms with Crippen molar-refractivity contribution in [1.82, 2.24) is 19.7 Å². The number of thioether (sulfide) groups is 1. The van der Waals surface area contributed by atoms with Crippen LogP contribution in [-0.4, -0.2) is 31.4 Å². The van der Waals surface area contributed by atoms with E-state index in [1.54, 1.807) is 23.8 Å². The first-order valence-electron chi connectivity index (χ1n) is 9.10. The fourth-order valence-corrected chi connectivity index (χ4v) is 4.56. The smallest absolute Gasteiger partial charge is 0.235 e. The summed E-state index contributed by atoms with van der Waals surface area (Å²) in [5.74, 6) is 0.504. The molecule has 31 heavy (non-hydrogen) atoms. The van der Waals surface area contributed by atoms with Gasteiger partial charge in [-0.3, -0.25) is 14.3 Å². The fraction of sp³-hybridized carbons (Fsp3) is 0.0952. The third-order valence-corrected chi connectivity index (χ3v) is 6.59. The van der Waals surface area contributed by atoms with E-state index >= 15 is 0 Å². The number of carbonyl (C=O) groups excluding carboxylic acids is 1. The summed E-state index contributed by atoms with van der Waals surface area (Å²) in [4.78, 5) is 16.5. The van der Waals surface area contributed by atoms with Crippen LogP contribution in [0.15, 0.2) is 59.3 Å². The fourth-order valence-electron chi connectivity index (χ4n) is 2.89. The van der Waals surface area contributed by atoms with Crippen molar-refractivity contribution in [2.45, 2.75) is 12.1 Å². The van der Waals surface area contributed by atoms with E-state index in [2.05, 4.69) is 26.6 Å². The minimum absolute atomic E-state index is 0.108. The number of benzene rings is 1. The maximum absolute atomic E-state index is 12.5. The van der Waals surface area contributed by atoms with Crippen LogP contribution < -0.4 is 5.32 Å². The number of anilines is 1. The molecule has 0 radical (unpaired) electrons. The molecule has 0 aliphatic carbocycles. The van der Waals surface area contributed by atoms with Crippen LogP contribution in [0, 0.1) is 18.3 Å². The summed E-state index contributed by atoms with van der Waals surface area (Å²) in [6.07, 6.45) is 3.38. The first-order chi connectivity index (χ1) is 15.1. The van der Waals surface area contributed by atoms with Gasteiger partial charge < -0.3 is 5.32 Å². The Morgan fingerprint density at radius 1 is 1.26 bits per heavy atom. The van der Waals surface area contributed by atoms with E-state index in [0.717, 1.165) is 16.8 Å². The number of nitrogens with one attached hydrogen (secondary N) is 1. The van der Waals surface area contributed by atoms with Gasteiger partial charge in [0, 0.05) is 23.0 Å². The summed E-state index contributed by atoms with van der Waals surface area (Å²) in [6, 6.07) is 13.1. The quantitative estimate of drug-likeness (QED) is 0.403. The number of thiophene rings is 1. The molecule has 0 bridgehead atoms. The lowest BCUT2D eigenvalue weighted by Crippen LogP contribution is -2.14. The van der Waals surface area contributed by atoms with E-state index in [9.17, 15) is 4.79 Å². The molecule has 3 heterocycles. The largest absolute Gasteiger partial charge is 0.316 e. The molecule has 154 valence electrons. The number of amides is 1. The van der Waals surface area contributed by atoms with Crippen molar-refractivity contribution in [2.24, 2.45) is 0 Å². The molecule has 0 atom stereocenters. The minimum atomic E-state index is -0.230. The lowest BCUT2D eigenvalue weighted by molar-refractivity contribution is -0.113. The van der Waals surface area contributed by atoms with Gasteiger partial charge in [-0.2, -0.15) is 5.26 Å². The van der Waals surface area contributed by atoms with Gasteiger partial charge >= 0.3 is 0 Å². The summed E-state index contributed by atoms with van der Waals surface area (Å²) < 4.78 is 1.89. The number of nitrogens with zero attached hydrogens (tertiary/aromatic N) is 5. The van der Waals surface area contributed by atoms with Gasteiger partial charge in [0.15, 0.2) is 11.0 Å². The van der Waals surface area contributed by atoms with Gasteiger partial charge in [0.25, 0.3) is 0 Å². The molecule has 0 unspecified atom stereocenters. The van der Waals surface area contributed by atoms with E-state index in [0.29, 0.717) is 26.6 Å². The zero-order valence-corrected chi connectivity index (χ0v) is 18.6. The van der Waals surface area contributed by atoms with Crippen molar-refractivity contribution in [2.75, 3.05) is 11.1 Å². The maximum atomic E-state index is 12.5. The Morgan fingerprint density at radius 3 is 2.84 bits per heavy atom. The van der Waals surface area contributed by atoms with E-state index in [4.69, 9.17) is 16.9 Å². The Hall–Kier alpha value is -3.19. The number of rotatable bonds is 6. The second-order valence-corrected chi connectivity index (χ2v) is 8.64. The van der Waals surface area contributed by atoms with Crippen LogP contribution in [0.25, 0.3) is 17.1 Å². The normalized spacial score (nSPS) is 10.6. The molecule has 1 amide bonds. The van der Waals surface area contributed by atoms with Crippen molar-refractivity contribution in [3.8, 4) is 23.1 Å². The first-order valence-corrected chi connectivity index (χ1v) is 11.3. The highest BCUT2D eigenvalue weighted by Crippen LogP contribution is 2.31. The highest BCUT2D eigenvalue weighted by atomic mass is 35.5. The van der Waals surface area contributed by atoms with Gasteiger partial charge in [-0.25, -0.2) is 0 Å². The van der Waals surface area contributed by atoms with Crippen molar-refractivity contribution in [3.63, 3.8) is 0 Å². The maximum Gasteiger partial charge on any atom is 0.235 e. The Labute approximate surface area is 191 Å². The molecule has 0 saturated heterocycles. The third-order valence-electron chi connectivity index (χ3n) is 4.42. The Morgan fingerprint density at radius 2 is 2.06 bits per heavy atom. The molecule has 3 aromatic heterocycles. The van der Waals surface area contributed by atoms with Crippen molar-refractivity contribution >= 4 is 45.6 Å². The third kappa shape index (κ3) is 4.46. The molecule has 4 aromatic rings. The Balaban J connectivity index is 1.65. The average molecular weight is 467 g/mol. The monoisotopic (exact) mass is 466 g/mol. The van der Waals surface area contributed by atoms with Gasteiger partial charge in [-0.15, -0.1) is 21.5 Å². The number of hydrogen-bond acceptors (Lipinski definition) is 7.